The molecule has 4 atom stereocenters. The number of amides is 1. The third-order valence-corrected chi connectivity index (χ3v) is 4.95. The standard InChI is InChI=1S/C19H23FN2O6/c1-19(2,3)28-18(24)21-13-8-9-14(21)16(20)15(10-13)27-17(23)11-4-6-12(7-5-11)22(25)26/h4-7,13-16H,8-10H2,1-3H3/t13-,14+,15-,16-/m0/s1. The van der Waals surface area contributed by atoms with E-state index in [4.69, 9.17) is 9.47 Å². The summed E-state index contributed by atoms with van der Waals surface area (Å²) in [6.07, 6.45) is -1.75. The van der Waals surface area contributed by atoms with Crippen LogP contribution in [0.15, 0.2) is 24.3 Å². The number of benzene rings is 1. The number of carbonyl (C=O) groups excluding carboxylic acids is 2. The van der Waals surface area contributed by atoms with Crippen LogP contribution in [-0.4, -0.2) is 51.8 Å². The number of hydrogen-bond donors (Lipinski definition) is 0. The summed E-state index contributed by atoms with van der Waals surface area (Å²) in [7, 11) is 0. The molecule has 0 radical (unpaired) electrons. The SMILES string of the molecule is CC(C)(C)OC(=O)N1[C@H]2CC[C@@H]1[C@H](F)[C@@H](OC(=O)c1ccc([N+](=O)[O-])cc1)C2. The number of carbonyl (C=O) groups is 2. The fourth-order valence-electron chi connectivity index (χ4n) is 3.74. The number of rotatable bonds is 3. The van der Waals surface area contributed by atoms with Crippen molar-refractivity contribution in [3.05, 3.63) is 39.9 Å². The van der Waals surface area contributed by atoms with E-state index in [2.05, 4.69) is 0 Å². The molecule has 1 aromatic rings. The van der Waals surface area contributed by atoms with E-state index in [1.807, 2.05) is 0 Å². The number of ether oxygens (including phenoxy) is 2. The van der Waals surface area contributed by atoms with Crippen LogP contribution in [0, 0.1) is 10.1 Å². The quantitative estimate of drug-likeness (QED) is 0.441. The first kappa shape index (κ1) is 20.0. The Morgan fingerprint density at radius 3 is 2.43 bits per heavy atom. The second-order valence-corrected chi connectivity index (χ2v) is 8.11. The third-order valence-electron chi connectivity index (χ3n) is 4.95. The molecule has 0 N–H and O–H groups in total. The lowest BCUT2D eigenvalue weighted by molar-refractivity contribution is -0.384. The molecule has 8 nitrogen and oxygen atoms in total. The molecule has 0 spiro atoms. The highest BCUT2D eigenvalue weighted by Crippen LogP contribution is 2.39. The highest BCUT2D eigenvalue weighted by Gasteiger charge is 2.52. The molecule has 28 heavy (non-hydrogen) atoms. The second kappa shape index (κ2) is 7.37. The van der Waals surface area contributed by atoms with Crippen molar-refractivity contribution in [2.24, 2.45) is 0 Å². The number of hydrogen-bond acceptors (Lipinski definition) is 6. The Morgan fingerprint density at radius 2 is 1.86 bits per heavy atom. The van der Waals surface area contributed by atoms with Crippen LogP contribution < -0.4 is 0 Å². The third kappa shape index (κ3) is 4.07. The van der Waals surface area contributed by atoms with Crippen LogP contribution in [-0.2, 0) is 9.47 Å². The maximum absolute atomic E-state index is 15.0. The van der Waals surface area contributed by atoms with Crippen LogP contribution in [0.4, 0.5) is 14.9 Å². The summed E-state index contributed by atoms with van der Waals surface area (Å²) >= 11 is 0. The number of fused-ring (bicyclic) bond motifs is 2. The molecule has 9 heteroatoms. The van der Waals surface area contributed by atoms with Gasteiger partial charge in [0, 0.05) is 24.6 Å². The molecule has 0 saturated carbocycles. The molecule has 0 aliphatic carbocycles. The summed E-state index contributed by atoms with van der Waals surface area (Å²) in [4.78, 5) is 36.3. The molecule has 2 aliphatic heterocycles. The first-order valence-electron chi connectivity index (χ1n) is 9.17. The number of nitro groups is 1. The van der Waals surface area contributed by atoms with Gasteiger partial charge in [0.15, 0.2) is 6.17 Å². The fraction of sp³-hybridized carbons (Fsp3) is 0.579. The summed E-state index contributed by atoms with van der Waals surface area (Å²) < 4.78 is 25.7. The minimum absolute atomic E-state index is 0.111. The average molecular weight is 394 g/mol. The molecule has 0 unspecified atom stereocenters. The van der Waals surface area contributed by atoms with E-state index in [1.54, 1.807) is 20.8 Å². The summed E-state index contributed by atoms with van der Waals surface area (Å²) in [5.41, 5.74) is -0.718. The van der Waals surface area contributed by atoms with Gasteiger partial charge in [-0.15, -0.1) is 0 Å². The summed E-state index contributed by atoms with van der Waals surface area (Å²) in [6.45, 7) is 5.25. The lowest BCUT2D eigenvalue weighted by Gasteiger charge is -2.41. The molecule has 2 heterocycles. The number of nitro benzene ring substituents is 1. The highest BCUT2D eigenvalue weighted by molar-refractivity contribution is 5.89. The normalized spacial score (nSPS) is 26.6. The Balaban J connectivity index is 1.67. The molecule has 2 bridgehead atoms. The van der Waals surface area contributed by atoms with Gasteiger partial charge in [-0.1, -0.05) is 0 Å². The summed E-state index contributed by atoms with van der Waals surface area (Å²) in [6, 6.07) is 4.00. The van der Waals surface area contributed by atoms with E-state index >= 15 is 4.39 Å². The van der Waals surface area contributed by atoms with Crippen molar-refractivity contribution in [1.82, 2.24) is 4.90 Å². The minimum atomic E-state index is -1.52. The largest absolute Gasteiger partial charge is 0.456 e. The van der Waals surface area contributed by atoms with E-state index in [0.717, 1.165) is 0 Å². The molecule has 2 saturated heterocycles. The van der Waals surface area contributed by atoms with Crippen LogP contribution in [0.3, 0.4) is 0 Å². The zero-order valence-electron chi connectivity index (χ0n) is 16.0. The number of nitrogens with zero attached hydrogens (tertiary/aromatic N) is 2. The van der Waals surface area contributed by atoms with Gasteiger partial charge in [-0.25, -0.2) is 14.0 Å². The second-order valence-electron chi connectivity index (χ2n) is 8.11. The zero-order valence-corrected chi connectivity index (χ0v) is 16.0. The number of halogens is 1. The van der Waals surface area contributed by atoms with Crippen LogP contribution in [0.25, 0.3) is 0 Å². The van der Waals surface area contributed by atoms with Crippen molar-refractivity contribution in [3.8, 4) is 0 Å². The Morgan fingerprint density at radius 1 is 1.21 bits per heavy atom. The summed E-state index contributed by atoms with van der Waals surface area (Å²) in [5, 5.41) is 10.7. The predicted octanol–water partition coefficient (Wildman–Crippen LogP) is 3.63. The molecular weight excluding hydrogens is 371 g/mol. The van der Waals surface area contributed by atoms with E-state index in [-0.39, 0.29) is 23.7 Å². The lowest BCUT2D eigenvalue weighted by Crippen LogP contribution is -2.56. The van der Waals surface area contributed by atoms with Gasteiger partial charge in [-0.05, 0) is 45.7 Å². The topological polar surface area (TPSA) is 99.0 Å². The van der Waals surface area contributed by atoms with Gasteiger partial charge >= 0.3 is 12.1 Å². The Labute approximate surface area is 161 Å². The van der Waals surface area contributed by atoms with Crippen molar-refractivity contribution in [2.45, 2.75) is 70.0 Å². The van der Waals surface area contributed by atoms with Crippen molar-refractivity contribution in [2.75, 3.05) is 0 Å². The van der Waals surface area contributed by atoms with Crippen molar-refractivity contribution in [3.63, 3.8) is 0 Å². The number of non-ortho nitro benzene ring substituents is 1. The van der Waals surface area contributed by atoms with Crippen molar-refractivity contribution < 1.29 is 28.4 Å². The van der Waals surface area contributed by atoms with E-state index in [0.29, 0.717) is 12.8 Å². The van der Waals surface area contributed by atoms with Gasteiger partial charge < -0.3 is 9.47 Å². The molecule has 2 fully saturated rings. The van der Waals surface area contributed by atoms with Gasteiger partial charge in [0.05, 0.1) is 16.5 Å². The fourth-order valence-corrected chi connectivity index (χ4v) is 3.74. The monoisotopic (exact) mass is 394 g/mol. The van der Waals surface area contributed by atoms with Crippen LogP contribution in [0.2, 0.25) is 0 Å². The van der Waals surface area contributed by atoms with Gasteiger partial charge in [0.1, 0.15) is 11.7 Å². The van der Waals surface area contributed by atoms with Crippen molar-refractivity contribution in [1.29, 1.82) is 0 Å². The smallest absolute Gasteiger partial charge is 0.410 e. The first-order valence-corrected chi connectivity index (χ1v) is 9.17. The molecule has 1 aromatic carbocycles. The van der Waals surface area contributed by atoms with Crippen LogP contribution in [0.1, 0.15) is 50.4 Å². The molecule has 152 valence electrons. The van der Waals surface area contributed by atoms with Gasteiger partial charge in [-0.2, -0.15) is 0 Å². The number of piperidine rings is 1. The zero-order chi connectivity index (χ0) is 20.6. The molecule has 1 amide bonds. The Bertz CT molecular complexity index is 776. The van der Waals surface area contributed by atoms with E-state index in [9.17, 15) is 19.7 Å². The van der Waals surface area contributed by atoms with Crippen molar-refractivity contribution >= 4 is 17.7 Å². The minimum Gasteiger partial charge on any atom is -0.456 e. The average Bonchev–Trinajstić information content (AvgIpc) is 2.96. The maximum atomic E-state index is 15.0. The van der Waals surface area contributed by atoms with Crippen LogP contribution in [0.5, 0.6) is 0 Å². The predicted molar refractivity (Wildman–Crippen MR) is 96.7 cm³/mol. The first-order chi connectivity index (χ1) is 13.1. The molecule has 0 aromatic heterocycles. The Kier molecular flexibility index (Phi) is 5.27. The Hall–Kier alpha value is -2.71. The van der Waals surface area contributed by atoms with E-state index < -0.39 is 40.9 Å². The molecule has 3 rings (SSSR count). The summed E-state index contributed by atoms with van der Waals surface area (Å²) in [5.74, 6) is -0.743. The number of esters is 1. The maximum Gasteiger partial charge on any atom is 0.410 e. The van der Waals surface area contributed by atoms with Gasteiger partial charge in [0.2, 0.25) is 0 Å². The number of alkyl halides is 1. The molecular formula is C19H23FN2O6. The highest BCUT2D eigenvalue weighted by atomic mass is 19.1. The van der Waals surface area contributed by atoms with Gasteiger partial charge in [-0.3, -0.25) is 15.0 Å². The molecule has 2 aliphatic rings. The lowest BCUT2D eigenvalue weighted by atomic mass is 9.98. The van der Waals surface area contributed by atoms with E-state index in [1.165, 1.54) is 29.2 Å². The van der Waals surface area contributed by atoms with Crippen LogP contribution >= 0.6 is 0 Å². The van der Waals surface area contributed by atoms with Gasteiger partial charge in [0.25, 0.3) is 5.69 Å².